The molecule has 1 aromatic rings. The quantitative estimate of drug-likeness (QED) is 0.740. The van der Waals surface area contributed by atoms with Gasteiger partial charge in [0.2, 0.25) is 5.76 Å². The smallest absolute Gasteiger partial charge is 0.374 e. The molecule has 7 heteroatoms. The van der Waals surface area contributed by atoms with Crippen LogP contribution in [0.2, 0.25) is 0 Å². The van der Waals surface area contributed by atoms with Gasteiger partial charge in [-0.1, -0.05) is 18.5 Å². The molecule has 1 heterocycles. The van der Waals surface area contributed by atoms with Crippen LogP contribution in [0.5, 0.6) is 0 Å². The Bertz CT molecular complexity index is 415. The lowest BCUT2D eigenvalue weighted by Crippen LogP contribution is -2.34. The molecule has 1 amide bonds. The lowest BCUT2D eigenvalue weighted by atomic mass is 10.2. The first-order valence-electron chi connectivity index (χ1n) is 5.70. The van der Waals surface area contributed by atoms with Gasteiger partial charge < -0.3 is 19.6 Å². The summed E-state index contributed by atoms with van der Waals surface area (Å²) in [5.41, 5.74) is -0.0584. The van der Waals surface area contributed by atoms with Crippen molar-refractivity contribution >= 4 is 11.9 Å². The summed E-state index contributed by atoms with van der Waals surface area (Å²) >= 11 is 0. The summed E-state index contributed by atoms with van der Waals surface area (Å²) in [6.45, 7) is 2.51. The second-order valence-electron chi connectivity index (χ2n) is 3.75. The fourth-order valence-electron chi connectivity index (χ4n) is 1.42. The van der Waals surface area contributed by atoms with Crippen molar-refractivity contribution in [2.75, 3.05) is 19.7 Å². The second-order valence-corrected chi connectivity index (χ2v) is 3.75. The van der Waals surface area contributed by atoms with Gasteiger partial charge in [-0.05, 0) is 6.42 Å². The number of carbonyl (C=O) groups is 2. The van der Waals surface area contributed by atoms with Gasteiger partial charge in [0.05, 0.1) is 6.61 Å². The maximum atomic E-state index is 12.0. The topological polar surface area (TPSA) is 104 Å². The molecule has 0 spiro atoms. The fraction of sp³-hybridized carbons (Fsp3) is 0.545. The largest absolute Gasteiger partial charge is 0.475 e. The van der Waals surface area contributed by atoms with Crippen LogP contribution in [-0.4, -0.2) is 51.8 Å². The number of hydrogen-bond donors (Lipinski definition) is 2. The summed E-state index contributed by atoms with van der Waals surface area (Å²) < 4.78 is 4.52. The number of aromatic carboxylic acids is 1. The summed E-state index contributed by atoms with van der Waals surface area (Å²) in [6.07, 6.45) is 1.71. The van der Waals surface area contributed by atoms with Crippen molar-refractivity contribution in [3.8, 4) is 0 Å². The van der Waals surface area contributed by atoms with Crippen molar-refractivity contribution in [2.45, 2.75) is 19.8 Å². The summed E-state index contributed by atoms with van der Waals surface area (Å²) in [5, 5.41) is 21.0. The predicted octanol–water partition coefficient (Wildman–Crippen LogP) is 0.607. The highest BCUT2D eigenvalue weighted by atomic mass is 16.5. The Labute approximate surface area is 104 Å². The third-order valence-electron chi connectivity index (χ3n) is 2.38. The van der Waals surface area contributed by atoms with Crippen molar-refractivity contribution in [3.63, 3.8) is 0 Å². The number of carboxylic acid groups (broad SMARTS) is 1. The van der Waals surface area contributed by atoms with Gasteiger partial charge in [0.25, 0.3) is 5.91 Å². The zero-order chi connectivity index (χ0) is 13.5. The number of carboxylic acids is 1. The van der Waals surface area contributed by atoms with Crippen LogP contribution < -0.4 is 0 Å². The van der Waals surface area contributed by atoms with Crippen molar-refractivity contribution < 1.29 is 24.3 Å². The van der Waals surface area contributed by atoms with Crippen LogP contribution in [0.25, 0.3) is 0 Å². The molecule has 7 nitrogen and oxygen atoms in total. The molecule has 100 valence electrons. The molecule has 1 rings (SSSR count). The van der Waals surface area contributed by atoms with Crippen molar-refractivity contribution in [1.82, 2.24) is 10.1 Å². The fourth-order valence-corrected chi connectivity index (χ4v) is 1.42. The Morgan fingerprint density at radius 1 is 1.44 bits per heavy atom. The van der Waals surface area contributed by atoms with E-state index in [4.69, 9.17) is 10.2 Å². The number of aliphatic hydroxyl groups excluding tert-OH is 1. The van der Waals surface area contributed by atoms with Crippen LogP contribution in [0.1, 0.15) is 40.8 Å². The summed E-state index contributed by atoms with van der Waals surface area (Å²) in [7, 11) is 0. The van der Waals surface area contributed by atoms with Gasteiger partial charge in [-0.25, -0.2) is 4.79 Å². The maximum Gasteiger partial charge on any atom is 0.374 e. The molecule has 1 aromatic heterocycles. The molecular weight excluding hydrogens is 240 g/mol. The van der Waals surface area contributed by atoms with E-state index in [-0.39, 0.29) is 24.6 Å². The first-order chi connectivity index (χ1) is 8.60. The molecule has 0 radical (unpaired) electrons. The number of nitrogens with zero attached hydrogens (tertiary/aromatic N) is 2. The van der Waals surface area contributed by atoms with Gasteiger partial charge >= 0.3 is 5.97 Å². The van der Waals surface area contributed by atoms with Gasteiger partial charge in [0.15, 0.2) is 5.69 Å². The molecule has 0 aliphatic rings. The first-order valence-corrected chi connectivity index (χ1v) is 5.70. The van der Waals surface area contributed by atoms with E-state index in [0.717, 1.165) is 18.9 Å². The van der Waals surface area contributed by atoms with Crippen LogP contribution in [-0.2, 0) is 0 Å². The summed E-state index contributed by atoms with van der Waals surface area (Å²) in [6, 6.07) is 1.08. The highest BCUT2D eigenvalue weighted by Gasteiger charge is 2.21. The summed E-state index contributed by atoms with van der Waals surface area (Å²) in [5.74, 6) is -2.09. The molecule has 0 fully saturated rings. The maximum absolute atomic E-state index is 12.0. The Morgan fingerprint density at radius 2 is 2.17 bits per heavy atom. The van der Waals surface area contributed by atoms with Gasteiger partial charge in [0.1, 0.15) is 0 Å². The third-order valence-corrected chi connectivity index (χ3v) is 2.38. The van der Waals surface area contributed by atoms with Gasteiger partial charge in [0, 0.05) is 19.2 Å². The predicted molar refractivity (Wildman–Crippen MR) is 61.4 cm³/mol. The van der Waals surface area contributed by atoms with E-state index in [2.05, 4.69) is 9.68 Å². The van der Waals surface area contributed by atoms with E-state index in [0.29, 0.717) is 6.54 Å². The zero-order valence-corrected chi connectivity index (χ0v) is 10.1. The minimum absolute atomic E-state index is 0.0584. The van der Waals surface area contributed by atoms with Crippen LogP contribution in [0.15, 0.2) is 10.6 Å². The van der Waals surface area contributed by atoms with Gasteiger partial charge in [-0.15, -0.1) is 0 Å². The molecule has 0 saturated heterocycles. The molecule has 0 unspecified atom stereocenters. The monoisotopic (exact) mass is 256 g/mol. The standard InChI is InChI=1S/C11H16N2O5/c1-2-3-4-13(5-6-14)10(15)8-7-9(11(16)17)18-12-8/h7,14H,2-6H2,1H3,(H,16,17). The van der Waals surface area contributed by atoms with Gasteiger partial charge in [-0.3, -0.25) is 4.79 Å². The highest BCUT2D eigenvalue weighted by molar-refractivity contribution is 5.94. The van der Waals surface area contributed by atoms with E-state index in [9.17, 15) is 9.59 Å². The molecule has 0 aliphatic heterocycles. The Morgan fingerprint density at radius 3 is 2.67 bits per heavy atom. The summed E-state index contributed by atoms with van der Waals surface area (Å²) in [4.78, 5) is 24.0. The van der Waals surface area contributed by atoms with Crippen LogP contribution in [0.4, 0.5) is 0 Å². The van der Waals surface area contributed by atoms with E-state index < -0.39 is 11.9 Å². The minimum atomic E-state index is -1.27. The normalized spacial score (nSPS) is 10.3. The number of carbonyl (C=O) groups excluding carboxylic acids is 1. The van der Waals surface area contributed by atoms with Gasteiger partial charge in [-0.2, -0.15) is 0 Å². The number of aromatic nitrogens is 1. The average molecular weight is 256 g/mol. The minimum Gasteiger partial charge on any atom is -0.475 e. The molecule has 0 aliphatic carbocycles. The lowest BCUT2D eigenvalue weighted by molar-refractivity contribution is 0.0647. The number of rotatable bonds is 7. The van der Waals surface area contributed by atoms with Crippen LogP contribution >= 0.6 is 0 Å². The van der Waals surface area contributed by atoms with Crippen LogP contribution in [0, 0.1) is 0 Å². The molecule has 0 aromatic carbocycles. The van der Waals surface area contributed by atoms with Crippen molar-refractivity contribution in [3.05, 3.63) is 17.5 Å². The van der Waals surface area contributed by atoms with E-state index in [1.807, 2.05) is 6.92 Å². The first kappa shape index (κ1) is 14.2. The highest BCUT2D eigenvalue weighted by Crippen LogP contribution is 2.08. The van der Waals surface area contributed by atoms with Crippen molar-refractivity contribution in [1.29, 1.82) is 0 Å². The average Bonchev–Trinajstić information content (AvgIpc) is 2.83. The molecule has 0 saturated carbocycles. The SMILES string of the molecule is CCCCN(CCO)C(=O)c1cc(C(=O)O)on1. The lowest BCUT2D eigenvalue weighted by Gasteiger charge is -2.19. The number of unbranched alkanes of at least 4 members (excludes halogenated alkanes) is 1. The van der Waals surface area contributed by atoms with E-state index in [1.54, 1.807) is 0 Å². The number of hydrogen-bond acceptors (Lipinski definition) is 5. The van der Waals surface area contributed by atoms with E-state index >= 15 is 0 Å². The molecule has 0 atom stereocenters. The Balaban J connectivity index is 2.77. The zero-order valence-electron chi connectivity index (χ0n) is 10.1. The molecule has 2 N–H and O–H groups in total. The third kappa shape index (κ3) is 3.56. The second kappa shape index (κ2) is 6.75. The number of aliphatic hydroxyl groups is 1. The molecule has 18 heavy (non-hydrogen) atoms. The van der Waals surface area contributed by atoms with Crippen molar-refractivity contribution in [2.24, 2.45) is 0 Å². The Kier molecular flexibility index (Phi) is 5.31. The number of amides is 1. The Hall–Kier alpha value is -1.89. The van der Waals surface area contributed by atoms with E-state index in [1.165, 1.54) is 4.90 Å². The molecule has 0 bridgehead atoms. The van der Waals surface area contributed by atoms with Crippen LogP contribution in [0.3, 0.4) is 0 Å². The molecular formula is C11H16N2O5.